The number of amides is 2. The van der Waals surface area contributed by atoms with Crippen molar-refractivity contribution in [1.82, 2.24) is 25.2 Å². The number of aromatic amines is 1. The molecular formula is C20H22FN5O2S. The molecule has 1 aliphatic rings. The SMILES string of the molecule is CCCCc1nc(C(=O)N2CC(F)(CNC(=O)c3cc4ncccc4[nH]3)C2)cs1. The molecule has 3 aromatic heterocycles. The van der Waals surface area contributed by atoms with Crippen LogP contribution in [-0.2, 0) is 6.42 Å². The average Bonchev–Trinajstić information content (AvgIpc) is 3.34. The summed E-state index contributed by atoms with van der Waals surface area (Å²) < 4.78 is 14.8. The van der Waals surface area contributed by atoms with Gasteiger partial charge in [0.05, 0.1) is 35.7 Å². The number of fused-ring (bicyclic) bond motifs is 1. The van der Waals surface area contributed by atoms with E-state index >= 15 is 0 Å². The number of hydrogen-bond acceptors (Lipinski definition) is 5. The molecule has 0 unspecified atom stereocenters. The highest BCUT2D eigenvalue weighted by atomic mass is 32.1. The van der Waals surface area contributed by atoms with Crippen molar-refractivity contribution in [2.75, 3.05) is 19.6 Å². The Morgan fingerprint density at radius 2 is 2.24 bits per heavy atom. The quantitative estimate of drug-likeness (QED) is 0.621. The number of carbonyl (C=O) groups excluding carboxylic acids is 2. The first kappa shape index (κ1) is 19.5. The number of nitrogens with one attached hydrogen (secondary N) is 2. The summed E-state index contributed by atoms with van der Waals surface area (Å²) in [4.78, 5) is 37.7. The number of hydrogen-bond donors (Lipinski definition) is 2. The van der Waals surface area contributed by atoms with Gasteiger partial charge in [-0.25, -0.2) is 9.37 Å². The van der Waals surface area contributed by atoms with Gasteiger partial charge in [-0.2, -0.15) is 0 Å². The highest BCUT2D eigenvalue weighted by Gasteiger charge is 2.46. The molecule has 3 aromatic rings. The third-order valence-corrected chi connectivity index (χ3v) is 5.86. The monoisotopic (exact) mass is 415 g/mol. The van der Waals surface area contributed by atoms with Crippen LogP contribution >= 0.6 is 11.3 Å². The van der Waals surface area contributed by atoms with E-state index in [2.05, 4.69) is 27.2 Å². The fourth-order valence-corrected chi connectivity index (χ4v) is 4.13. The predicted molar refractivity (Wildman–Crippen MR) is 109 cm³/mol. The van der Waals surface area contributed by atoms with Gasteiger partial charge in [0, 0.05) is 11.6 Å². The average molecular weight is 415 g/mol. The Bertz CT molecular complexity index is 1010. The first-order valence-corrected chi connectivity index (χ1v) is 10.5. The molecule has 0 saturated carbocycles. The highest BCUT2D eigenvalue weighted by molar-refractivity contribution is 7.09. The van der Waals surface area contributed by atoms with Crippen molar-refractivity contribution >= 4 is 34.2 Å². The molecule has 0 radical (unpaired) electrons. The lowest BCUT2D eigenvalue weighted by atomic mass is 9.95. The van der Waals surface area contributed by atoms with Crippen LogP contribution in [-0.4, -0.2) is 57.0 Å². The Morgan fingerprint density at radius 3 is 3.00 bits per heavy atom. The van der Waals surface area contributed by atoms with Crippen LogP contribution in [0.3, 0.4) is 0 Å². The minimum atomic E-state index is -1.63. The van der Waals surface area contributed by atoms with E-state index in [-0.39, 0.29) is 25.5 Å². The molecule has 1 fully saturated rings. The second-order valence-corrected chi connectivity index (χ2v) is 8.29. The van der Waals surface area contributed by atoms with Crippen LogP contribution in [0.5, 0.6) is 0 Å². The predicted octanol–water partition coefficient (Wildman–Crippen LogP) is 2.96. The molecular weight excluding hydrogens is 393 g/mol. The van der Waals surface area contributed by atoms with Crippen LogP contribution in [0.25, 0.3) is 11.0 Å². The molecule has 7 nitrogen and oxygen atoms in total. The molecule has 2 N–H and O–H groups in total. The summed E-state index contributed by atoms with van der Waals surface area (Å²) in [6, 6.07) is 5.22. The number of thiazole rings is 1. The number of nitrogens with zero attached hydrogens (tertiary/aromatic N) is 3. The Labute approximate surface area is 171 Å². The van der Waals surface area contributed by atoms with Crippen LogP contribution < -0.4 is 5.32 Å². The Morgan fingerprint density at radius 1 is 1.41 bits per heavy atom. The fourth-order valence-electron chi connectivity index (χ4n) is 3.32. The zero-order chi connectivity index (χ0) is 20.4. The first-order valence-electron chi connectivity index (χ1n) is 9.62. The summed E-state index contributed by atoms with van der Waals surface area (Å²) in [6.45, 7) is 1.84. The van der Waals surface area contributed by atoms with Gasteiger partial charge in [-0.1, -0.05) is 13.3 Å². The summed E-state index contributed by atoms with van der Waals surface area (Å²) in [5, 5.41) is 5.27. The lowest BCUT2D eigenvalue weighted by Gasteiger charge is -2.44. The van der Waals surface area contributed by atoms with Crippen molar-refractivity contribution < 1.29 is 14.0 Å². The number of pyridine rings is 1. The third kappa shape index (κ3) is 4.14. The second kappa shape index (κ2) is 7.90. The van der Waals surface area contributed by atoms with Gasteiger partial charge >= 0.3 is 0 Å². The van der Waals surface area contributed by atoms with Gasteiger partial charge in [-0.15, -0.1) is 11.3 Å². The zero-order valence-electron chi connectivity index (χ0n) is 16.1. The molecule has 2 amide bonds. The maximum atomic E-state index is 14.8. The maximum Gasteiger partial charge on any atom is 0.273 e. The summed E-state index contributed by atoms with van der Waals surface area (Å²) in [5.41, 5.74) is 0.495. The number of alkyl halides is 1. The van der Waals surface area contributed by atoms with Gasteiger partial charge in [0.1, 0.15) is 11.4 Å². The van der Waals surface area contributed by atoms with Crippen LogP contribution in [0.4, 0.5) is 4.39 Å². The van der Waals surface area contributed by atoms with Crippen LogP contribution in [0.1, 0.15) is 45.7 Å². The molecule has 1 saturated heterocycles. The third-order valence-electron chi connectivity index (χ3n) is 4.95. The molecule has 4 rings (SSSR count). The normalized spacial score (nSPS) is 15.3. The van der Waals surface area contributed by atoms with Crippen LogP contribution in [0.15, 0.2) is 29.8 Å². The van der Waals surface area contributed by atoms with Gasteiger partial charge in [0.25, 0.3) is 11.8 Å². The molecule has 152 valence electrons. The largest absolute Gasteiger partial charge is 0.349 e. The highest BCUT2D eigenvalue weighted by Crippen LogP contribution is 2.27. The minimum Gasteiger partial charge on any atom is -0.349 e. The number of aromatic nitrogens is 3. The Hall–Kier alpha value is -2.81. The topological polar surface area (TPSA) is 91.0 Å². The Kier molecular flexibility index (Phi) is 5.31. The van der Waals surface area contributed by atoms with Crippen molar-refractivity contribution in [2.24, 2.45) is 0 Å². The number of carbonyl (C=O) groups is 2. The van der Waals surface area contributed by atoms with Crippen molar-refractivity contribution in [3.05, 3.63) is 46.2 Å². The van der Waals surface area contributed by atoms with Gasteiger partial charge in [0.15, 0.2) is 5.67 Å². The number of rotatable bonds is 7. The van der Waals surface area contributed by atoms with Crippen molar-refractivity contribution in [3.63, 3.8) is 0 Å². The number of H-pyrrole nitrogens is 1. The van der Waals surface area contributed by atoms with Gasteiger partial charge in [0.2, 0.25) is 0 Å². The number of likely N-dealkylation sites (tertiary alicyclic amines) is 1. The van der Waals surface area contributed by atoms with Crippen LogP contribution in [0.2, 0.25) is 0 Å². The number of unbranched alkanes of at least 4 members (excludes halogenated alkanes) is 1. The van der Waals surface area contributed by atoms with Gasteiger partial charge in [-0.05, 0) is 31.0 Å². The smallest absolute Gasteiger partial charge is 0.273 e. The molecule has 4 heterocycles. The summed E-state index contributed by atoms with van der Waals surface area (Å²) >= 11 is 1.47. The standard InChI is InChI=1S/C20H22FN5O2S/c1-2-3-6-17-25-16(9-29-17)19(28)26-11-20(21,12-26)10-23-18(27)15-8-14-13(24-15)5-4-7-22-14/h4-5,7-9,24H,2-3,6,10-12H2,1H3,(H,23,27). The van der Waals surface area contributed by atoms with Crippen LogP contribution in [0, 0.1) is 0 Å². The van der Waals surface area contributed by atoms with E-state index in [9.17, 15) is 14.0 Å². The van der Waals surface area contributed by atoms with E-state index < -0.39 is 11.6 Å². The van der Waals surface area contributed by atoms with Crippen molar-refractivity contribution in [1.29, 1.82) is 0 Å². The lowest BCUT2D eigenvalue weighted by Crippen LogP contribution is -2.65. The summed E-state index contributed by atoms with van der Waals surface area (Å²) in [7, 11) is 0. The van der Waals surface area contributed by atoms with E-state index in [4.69, 9.17) is 0 Å². The lowest BCUT2D eigenvalue weighted by molar-refractivity contribution is -0.0181. The zero-order valence-corrected chi connectivity index (χ0v) is 16.9. The van der Waals surface area contributed by atoms with E-state index in [0.29, 0.717) is 16.9 Å². The van der Waals surface area contributed by atoms with E-state index in [1.54, 1.807) is 23.7 Å². The van der Waals surface area contributed by atoms with E-state index in [0.717, 1.165) is 29.8 Å². The fraction of sp³-hybridized carbons (Fsp3) is 0.400. The van der Waals surface area contributed by atoms with Crippen molar-refractivity contribution in [2.45, 2.75) is 31.9 Å². The molecule has 0 aromatic carbocycles. The number of halogens is 1. The van der Waals surface area contributed by atoms with Gasteiger partial charge in [-0.3, -0.25) is 14.6 Å². The molecule has 0 spiro atoms. The molecule has 9 heteroatoms. The second-order valence-electron chi connectivity index (χ2n) is 7.34. The molecule has 0 atom stereocenters. The van der Waals surface area contributed by atoms with E-state index in [1.165, 1.54) is 16.2 Å². The molecule has 0 bridgehead atoms. The minimum absolute atomic E-state index is 0.0534. The number of aryl methyl sites for hydroxylation is 1. The summed E-state index contributed by atoms with van der Waals surface area (Å²) in [5.74, 6) is -0.657. The molecule has 1 aliphatic heterocycles. The maximum absolute atomic E-state index is 14.8. The summed E-state index contributed by atoms with van der Waals surface area (Å²) in [6.07, 6.45) is 4.60. The Balaban J connectivity index is 1.29. The first-order chi connectivity index (χ1) is 14.0. The molecule has 29 heavy (non-hydrogen) atoms. The van der Waals surface area contributed by atoms with Crippen molar-refractivity contribution in [3.8, 4) is 0 Å². The molecule has 0 aliphatic carbocycles. The van der Waals surface area contributed by atoms with Gasteiger partial charge < -0.3 is 15.2 Å². The van der Waals surface area contributed by atoms with E-state index in [1.807, 2.05) is 6.07 Å².